The van der Waals surface area contributed by atoms with Crippen LogP contribution in [0.25, 0.3) is 11.0 Å². The molecule has 15 heavy (non-hydrogen) atoms. The molecule has 1 aromatic heterocycles. The number of nitrogens with zero attached hydrogens (tertiary/aromatic N) is 1. The van der Waals surface area contributed by atoms with Gasteiger partial charge in [0.2, 0.25) is 0 Å². The summed E-state index contributed by atoms with van der Waals surface area (Å²) in [6, 6.07) is 8.13. The van der Waals surface area contributed by atoms with Gasteiger partial charge in [0.05, 0.1) is 19.0 Å². The highest BCUT2D eigenvalue weighted by Gasteiger charge is 2.16. The van der Waals surface area contributed by atoms with Gasteiger partial charge in [0.1, 0.15) is 5.58 Å². The molecular formula is C12H12NO2. The lowest BCUT2D eigenvalue weighted by Crippen LogP contribution is -2.28. The molecule has 1 aromatic carbocycles. The highest BCUT2D eigenvalue weighted by atomic mass is 16.5. The van der Waals surface area contributed by atoms with Gasteiger partial charge >= 0.3 is 0 Å². The first-order valence-corrected chi connectivity index (χ1v) is 5.15. The van der Waals surface area contributed by atoms with E-state index < -0.39 is 0 Å². The second-order valence-corrected chi connectivity index (χ2v) is 3.71. The van der Waals surface area contributed by atoms with Crippen molar-refractivity contribution >= 4 is 11.0 Å². The second-order valence-electron chi connectivity index (χ2n) is 3.71. The van der Waals surface area contributed by atoms with E-state index in [1.165, 1.54) is 5.56 Å². The van der Waals surface area contributed by atoms with E-state index in [-0.39, 0.29) is 6.10 Å². The van der Waals surface area contributed by atoms with Crippen LogP contribution in [0.1, 0.15) is 11.7 Å². The maximum atomic E-state index is 5.67. The van der Waals surface area contributed by atoms with Crippen molar-refractivity contribution in [3.8, 4) is 0 Å². The molecule has 77 valence electrons. The molecule has 1 radical (unpaired) electrons. The number of hydrogen-bond donors (Lipinski definition) is 0. The minimum Gasteiger partial charge on any atom is -0.464 e. The van der Waals surface area contributed by atoms with Gasteiger partial charge in [0.15, 0.2) is 0 Å². The Morgan fingerprint density at radius 1 is 1.27 bits per heavy atom. The lowest BCUT2D eigenvalue weighted by molar-refractivity contribution is 0.0261. The molecule has 1 atom stereocenters. The number of furan rings is 1. The van der Waals surface area contributed by atoms with Crippen LogP contribution < -0.4 is 5.32 Å². The van der Waals surface area contributed by atoms with Crippen LogP contribution in [-0.2, 0) is 4.74 Å². The predicted molar refractivity (Wildman–Crippen MR) is 56.8 cm³/mol. The highest BCUT2D eigenvalue weighted by molar-refractivity contribution is 5.77. The Morgan fingerprint density at radius 3 is 3.13 bits per heavy atom. The van der Waals surface area contributed by atoms with Gasteiger partial charge in [-0.3, -0.25) is 0 Å². The fourth-order valence-corrected chi connectivity index (χ4v) is 1.91. The van der Waals surface area contributed by atoms with E-state index in [0.717, 1.165) is 30.7 Å². The highest BCUT2D eigenvalue weighted by Crippen LogP contribution is 2.24. The Balaban J connectivity index is 1.95. The third-order valence-electron chi connectivity index (χ3n) is 2.71. The molecule has 0 saturated carbocycles. The predicted octanol–water partition coefficient (Wildman–Crippen LogP) is 2.11. The van der Waals surface area contributed by atoms with E-state index in [2.05, 4.69) is 17.4 Å². The summed E-state index contributed by atoms with van der Waals surface area (Å²) in [7, 11) is 0. The van der Waals surface area contributed by atoms with Crippen molar-refractivity contribution in [2.24, 2.45) is 0 Å². The molecule has 1 saturated heterocycles. The molecule has 0 N–H and O–H groups in total. The smallest absolute Gasteiger partial charge is 0.133 e. The van der Waals surface area contributed by atoms with Crippen molar-refractivity contribution in [3.63, 3.8) is 0 Å². The van der Waals surface area contributed by atoms with Gasteiger partial charge in [0, 0.05) is 18.5 Å². The molecule has 3 rings (SSSR count). The number of ether oxygens (including phenoxy) is 1. The minimum atomic E-state index is 0.123. The van der Waals surface area contributed by atoms with Gasteiger partial charge in [-0.25, -0.2) is 5.32 Å². The summed E-state index contributed by atoms with van der Waals surface area (Å²) >= 11 is 0. The fraction of sp³-hybridized carbons (Fsp3) is 0.333. The van der Waals surface area contributed by atoms with E-state index in [4.69, 9.17) is 9.15 Å². The van der Waals surface area contributed by atoms with E-state index in [1.54, 1.807) is 6.26 Å². The van der Waals surface area contributed by atoms with E-state index in [0.29, 0.717) is 0 Å². The van der Waals surface area contributed by atoms with E-state index in [1.807, 2.05) is 12.1 Å². The zero-order valence-electron chi connectivity index (χ0n) is 8.35. The zero-order chi connectivity index (χ0) is 10.1. The van der Waals surface area contributed by atoms with Crippen molar-refractivity contribution in [1.29, 1.82) is 0 Å². The van der Waals surface area contributed by atoms with Gasteiger partial charge in [-0.05, 0) is 23.8 Å². The van der Waals surface area contributed by atoms with Crippen LogP contribution in [0.4, 0.5) is 0 Å². The summed E-state index contributed by atoms with van der Waals surface area (Å²) in [5, 5.41) is 5.48. The molecule has 0 bridgehead atoms. The van der Waals surface area contributed by atoms with Crippen molar-refractivity contribution in [2.75, 3.05) is 19.7 Å². The van der Waals surface area contributed by atoms with E-state index in [9.17, 15) is 0 Å². The van der Waals surface area contributed by atoms with Gasteiger partial charge < -0.3 is 9.15 Å². The molecule has 1 aliphatic heterocycles. The van der Waals surface area contributed by atoms with Gasteiger partial charge in [-0.15, -0.1) is 0 Å². The topological polar surface area (TPSA) is 36.5 Å². The third-order valence-corrected chi connectivity index (χ3v) is 2.71. The summed E-state index contributed by atoms with van der Waals surface area (Å²) in [5.41, 5.74) is 2.11. The number of hydrogen-bond acceptors (Lipinski definition) is 2. The molecule has 3 nitrogen and oxygen atoms in total. The Hall–Kier alpha value is -1.32. The summed E-state index contributed by atoms with van der Waals surface area (Å²) in [6.45, 7) is 2.32. The quantitative estimate of drug-likeness (QED) is 0.710. The SMILES string of the molecule is c1cc2cc(C3C[N]CCO3)ccc2o1. The first kappa shape index (κ1) is 8.95. The van der Waals surface area contributed by atoms with Crippen LogP contribution in [0.15, 0.2) is 34.9 Å². The van der Waals surface area contributed by atoms with Crippen LogP contribution >= 0.6 is 0 Å². The summed E-state index contributed by atoms with van der Waals surface area (Å²) in [4.78, 5) is 0. The minimum absolute atomic E-state index is 0.123. The van der Waals surface area contributed by atoms with Crippen LogP contribution in [0.2, 0.25) is 0 Å². The fourth-order valence-electron chi connectivity index (χ4n) is 1.91. The number of rotatable bonds is 1. The molecular weight excluding hydrogens is 190 g/mol. The monoisotopic (exact) mass is 202 g/mol. The van der Waals surface area contributed by atoms with Gasteiger partial charge in [-0.2, -0.15) is 0 Å². The largest absolute Gasteiger partial charge is 0.464 e. The molecule has 0 spiro atoms. The number of morpholine rings is 1. The lowest BCUT2D eigenvalue weighted by Gasteiger charge is -2.22. The van der Waals surface area contributed by atoms with Crippen molar-refractivity contribution in [2.45, 2.75) is 6.10 Å². The molecule has 2 aromatic rings. The second kappa shape index (κ2) is 3.68. The van der Waals surface area contributed by atoms with Gasteiger partial charge in [0.25, 0.3) is 0 Å². The number of fused-ring (bicyclic) bond motifs is 1. The Bertz CT molecular complexity index is 457. The van der Waals surface area contributed by atoms with Crippen molar-refractivity contribution in [1.82, 2.24) is 5.32 Å². The first-order chi connectivity index (χ1) is 7.43. The Morgan fingerprint density at radius 2 is 2.27 bits per heavy atom. The van der Waals surface area contributed by atoms with Crippen LogP contribution in [-0.4, -0.2) is 19.7 Å². The molecule has 3 heteroatoms. The van der Waals surface area contributed by atoms with E-state index >= 15 is 0 Å². The average Bonchev–Trinajstić information content (AvgIpc) is 2.77. The summed E-state index contributed by atoms with van der Waals surface area (Å²) in [5.74, 6) is 0. The molecule has 2 heterocycles. The third kappa shape index (κ3) is 1.64. The zero-order valence-corrected chi connectivity index (χ0v) is 8.35. The van der Waals surface area contributed by atoms with Crippen molar-refractivity contribution < 1.29 is 9.15 Å². The van der Waals surface area contributed by atoms with Crippen LogP contribution in [0, 0.1) is 0 Å². The summed E-state index contributed by atoms with van der Waals surface area (Å²) in [6.07, 6.45) is 1.83. The molecule has 1 aliphatic rings. The standard InChI is InChI=1S/C12H12NO2/c1-2-11-10(3-5-14-11)7-9(1)12-8-13-4-6-15-12/h1-3,5,7,12H,4,6,8H2. The van der Waals surface area contributed by atoms with Gasteiger partial charge in [-0.1, -0.05) is 6.07 Å². The molecule has 0 amide bonds. The Kier molecular flexibility index (Phi) is 2.19. The molecule has 1 unspecified atom stereocenters. The first-order valence-electron chi connectivity index (χ1n) is 5.15. The Labute approximate surface area is 88.0 Å². The van der Waals surface area contributed by atoms with Crippen LogP contribution in [0.5, 0.6) is 0 Å². The molecule has 1 fully saturated rings. The maximum Gasteiger partial charge on any atom is 0.133 e. The average molecular weight is 202 g/mol. The maximum absolute atomic E-state index is 5.67. The lowest BCUT2D eigenvalue weighted by atomic mass is 10.1. The summed E-state index contributed by atoms with van der Waals surface area (Å²) < 4.78 is 11.0. The molecule has 0 aliphatic carbocycles. The van der Waals surface area contributed by atoms with Crippen molar-refractivity contribution in [3.05, 3.63) is 36.1 Å². The normalized spacial score (nSPS) is 22.0. The number of benzene rings is 1. The van der Waals surface area contributed by atoms with Crippen LogP contribution in [0.3, 0.4) is 0 Å².